The predicted molar refractivity (Wildman–Crippen MR) is 67.3 cm³/mol. The predicted octanol–water partition coefficient (Wildman–Crippen LogP) is 2.75. The lowest BCUT2D eigenvalue weighted by Crippen LogP contribution is -1.98. The fourth-order valence-corrected chi connectivity index (χ4v) is 1.88. The number of nitrogens with one attached hydrogen (secondary N) is 1. The third-order valence-electron chi connectivity index (χ3n) is 2.51. The largest absolute Gasteiger partial charge is 0.495 e. The first-order valence-corrected chi connectivity index (χ1v) is 5.54. The van der Waals surface area contributed by atoms with Gasteiger partial charge < -0.3 is 14.8 Å². The number of rotatable bonds is 3. The van der Waals surface area contributed by atoms with Crippen molar-refractivity contribution in [1.29, 1.82) is 0 Å². The summed E-state index contributed by atoms with van der Waals surface area (Å²) in [4.78, 5) is 17.8. The van der Waals surface area contributed by atoms with Crippen molar-refractivity contribution in [3.63, 3.8) is 0 Å². The number of aromatic amines is 1. The average molecular weight is 267 g/mol. The molecule has 0 saturated heterocycles. The monoisotopic (exact) mass is 266 g/mol. The van der Waals surface area contributed by atoms with Gasteiger partial charge in [0, 0.05) is 11.3 Å². The molecular weight excluding hydrogens is 256 g/mol. The summed E-state index contributed by atoms with van der Waals surface area (Å²) in [6.45, 7) is 1.66. The van der Waals surface area contributed by atoms with Gasteiger partial charge >= 0.3 is 5.97 Å². The van der Waals surface area contributed by atoms with Crippen LogP contribution >= 0.6 is 11.6 Å². The van der Waals surface area contributed by atoms with Crippen molar-refractivity contribution in [2.24, 2.45) is 0 Å². The van der Waals surface area contributed by atoms with E-state index in [0.29, 0.717) is 27.9 Å². The van der Waals surface area contributed by atoms with Crippen LogP contribution in [0.3, 0.4) is 0 Å². The van der Waals surface area contributed by atoms with Crippen molar-refractivity contribution < 1.29 is 14.6 Å². The number of hydrogen-bond donors (Lipinski definition) is 2. The van der Waals surface area contributed by atoms with Gasteiger partial charge in [-0.2, -0.15) is 0 Å². The molecule has 0 bridgehead atoms. The minimum atomic E-state index is -1.06. The van der Waals surface area contributed by atoms with E-state index in [1.54, 1.807) is 25.1 Å². The molecule has 94 valence electrons. The minimum Gasteiger partial charge on any atom is -0.495 e. The molecule has 0 radical (unpaired) electrons. The molecule has 0 saturated carbocycles. The lowest BCUT2D eigenvalue weighted by atomic mass is 10.2. The number of ether oxygens (including phenoxy) is 1. The Morgan fingerprint density at radius 2 is 2.22 bits per heavy atom. The Morgan fingerprint density at radius 1 is 1.50 bits per heavy atom. The number of aromatic nitrogens is 2. The molecule has 1 aromatic carbocycles. The smallest absolute Gasteiger partial charge is 0.356 e. The average Bonchev–Trinajstić information content (AvgIpc) is 2.71. The van der Waals surface area contributed by atoms with E-state index in [-0.39, 0.29) is 5.69 Å². The van der Waals surface area contributed by atoms with Crippen LogP contribution in [0.2, 0.25) is 5.02 Å². The zero-order valence-corrected chi connectivity index (χ0v) is 10.6. The van der Waals surface area contributed by atoms with E-state index < -0.39 is 5.97 Å². The maximum atomic E-state index is 10.9. The molecular formula is C12H11ClN2O3. The van der Waals surface area contributed by atoms with E-state index in [9.17, 15) is 4.79 Å². The fraction of sp³-hybridized carbons (Fsp3) is 0.167. The van der Waals surface area contributed by atoms with Crippen LogP contribution in [-0.4, -0.2) is 28.2 Å². The van der Waals surface area contributed by atoms with E-state index >= 15 is 0 Å². The third-order valence-corrected chi connectivity index (χ3v) is 2.81. The van der Waals surface area contributed by atoms with Crippen LogP contribution in [0.25, 0.3) is 11.4 Å². The maximum absolute atomic E-state index is 10.9. The quantitative estimate of drug-likeness (QED) is 0.896. The Kier molecular flexibility index (Phi) is 3.25. The Morgan fingerprint density at radius 3 is 2.72 bits per heavy atom. The Hall–Kier alpha value is -2.01. The summed E-state index contributed by atoms with van der Waals surface area (Å²) in [7, 11) is 1.53. The third kappa shape index (κ3) is 2.17. The van der Waals surface area contributed by atoms with Crippen LogP contribution < -0.4 is 4.74 Å². The highest BCUT2D eigenvalue weighted by Crippen LogP contribution is 2.29. The second kappa shape index (κ2) is 4.70. The molecule has 0 aliphatic heterocycles. The fourth-order valence-electron chi connectivity index (χ4n) is 1.62. The normalized spacial score (nSPS) is 10.4. The highest BCUT2D eigenvalue weighted by Gasteiger charge is 2.15. The SMILES string of the molecule is COc1ccc(-c2nc(C(=O)O)c(C)[nH]2)cc1Cl. The van der Waals surface area contributed by atoms with E-state index in [2.05, 4.69) is 9.97 Å². The number of benzene rings is 1. The van der Waals surface area contributed by atoms with Gasteiger partial charge in [-0.1, -0.05) is 11.6 Å². The number of carbonyl (C=O) groups is 1. The zero-order chi connectivity index (χ0) is 13.3. The number of imidazole rings is 1. The molecule has 2 N–H and O–H groups in total. The van der Waals surface area contributed by atoms with Gasteiger partial charge in [-0.05, 0) is 25.1 Å². The molecule has 1 aromatic heterocycles. The topological polar surface area (TPSA) is 75.2 Å². The highest BCUT2D eigenvalue weighted by molar-refractivity contribution is 6.32. The number of hydrogen-bond acceptors (Lipinski definition) is 3. The first-order chi connectivity index (χ1) is 8.52. The summed E-state index contributed by atoms with van der Waals surface area (Å²) < 4.78 is 5.05. The maximum Gasteiger partial charge on any atom is 0.356 e. The molecule has 0 aliphatic carbocycles. The molecule has 6 heteroatoms. The van der Waals surface area contributed by atoms with Gasteiger partial charge in [0.1, 0.15) is 11.6 Å². The van der Waals surface area contributed by atoms with Crippen LogP contribution in [0.15, 0.2) is 18.2 Å². The molecule has 0 spiro atoms. The lowest BCUT2D eigenvalue weighted by molar-refractivity contribution is 0.0690. The first-order valence-electron chi connectivity index (χ1n) is 5.16. The number of methoxy groups -OCH3 is 1. The van der Waals surface area contributed by atoms with Gasteiger partial charge in [-0.15, -0.1) is 0 Å². The molecule has 0 amide bonds. The first kappa shape index (κ1) is 12.4. The van der Waals surface area contributed by atoms with Gasteiger partial charge in [0.15, 0.2) is 5.69 Å². The minimum absolute atomic E-state index is 0.0111. The second-order valence-corrected chi connectivity index (χ2v) is 4.12. The van der Waals surface area contributed by atoms with Crippen molar-refractivity contribution in [2.45, 2.75) is 6.92 Å². The van der Waals surface area contributed by atoms with Crippen molar-refractivity contribution in [1.82, 2.24) is 9.97 Å². The summed E-state index contributed by atoms with van der Waals surface area (Å²) >= 11 is 6.01. The van der Waals surface area contributed by atoms with E-state index in [0.717, 1.165) is 0 Å². The molecule has 5 nitrogen and oxygen atoms in total. The number of aromatic carboxylic acids is 1. The summed E-state index contributed by atoms with van der Waals surface area (Å²) in [5.41, 5.74) is 1.22. The summed E-state index contributed by atoms with van der Waals surface area (Å²) in [5, 5.41) is 9.38. The molecule has 0 unspecified atom stereocenters. The molecule has 2 aromatic rings. The van der Waals surface area contributed by atoms with Crippen LogP contribution in [0.5, 0.6) is 5.75 Å². The van der Waals surface area contributed by atoms with Crippen LogP contribution in [0, 0.1) is 6.92 Å². The number of nitrogens with zero attached hydrogens (tertiary/aromatic N) is 1. The van der Waals surface area contributed by atoms with E-state index in [1.165, 1.54) is 7.11 Å². The summed E-state index contributed by atoms with van der Waals surface area (Å²) in [6.07, 6.45) is 0. The molecule has 0 fully saturated rings. The zero-order valence-electron chi connectivity index (χ0n) is 9.82. The van der Waals surface area contributed by atoms with Crippen LogP contribution in [0.4, 0.5) is 0 Å². The molecule has 2 rings (SSSR count). The lowest BCUT2D eigenvalue weighted by Gasteiger charge is -2.03. The Bertz CT molecular complexity index is 607. The van der Waals surface area contributed by atoms with Crippen molar-refractivity contribution in [2.75, 3.05) is 7.11 Å². The number of halogens is 1. The van der Waals surface area contributed by atoms with Gasteiger partial charge in [0.2, 0.25) is 0 Å². The van der Waals surface area contributed by atoms with E-state index in [1.807, 2.05) is 0 Å². The standard InChI is InChI=1S/C12H11ClN2O3/c1-6-10(12(16)17)15-11(14-6)7-3-4-9(18-2)8(13)5-7/h3-5H,1-2H3,(H,14,15)(H,16,17). The number of H-pyrrole nitrogens is 1. The highest BCUT2D eigenvalue weighted by atomic mass is 35.5. The second-order valence-electron chi connectivity index (χ2n) is 3.71. The Balaban J connectivity index is 2.46. The van der Waals surface area contributed by atoms with Crippen molar-refractivity contribution in [3.05, 3.63) is 34.6 Å². The van der Waals surface area contributed by atoms with Crippen LogP contribution in [-0.2, 0) is 0 Å². The Labute approximate surface area is 108 Å². The molecule has 0 aliphatic rings. The number of carboxylic acid groups (broad SMARTS) is 1. The van der Waals surface area contributed by atoms with Gasteiger partial charge in [0.05, 0.1) is 12.1 Å². The van der Waals surface area contributed by atoms with Crippen molar-refractivity contribution >= 4 is 17.6 Å². The molecule has 1 heterocycles. The summed E-state index contributed by atoms with van der Waals surface area (Å²) in [5.74, 6) is -0.0359. The molecule has 0 atom stereocenters. The van der Waals surface area contributed by atoms with Gasteiger partial charge in [0.25, 0.3) is 0 Å². The molecule has 18 heavy (non-hydrogen) atoms. The van der Waals surface area contributed by atoms with Crippen molar-refractivity contribution in [3.8, 4) is 17.1 Å². The number of aryl methyl sites for hydroxylation is 1. The number of carboxylic acids is 1. The van der Waals surface area contributed by atoms with Gasteiger partial charge in [-0.3, -0.25) is 0 Å². The summed E-state index contributed by atoms with van der Waals surface area (Å²) in [6, 6.07) is 5.13. The van der Waals surface area contributed by atoms with E-state index in [4.69, 9.17) is 21.4 Å². The van der Waals surface area contributed by atoms with Gasteiger partial charge in [-0.25, -0.2) is 9.78 Å². The van der Waals surface area contributed by atoms with Crippen LogP contribution in [0.1, 0.15) is 16.2 Å².